The number of halogens is 1. The van der Waals surface area contributed by atoms with Crippen molar-refractivity contribution in [3.63, 3.8) is 0 Å². The van der Waals surface area contributed by atoms with Gasteiger partial charge in [-0.25, -0.2) is 4.98 Å². The second kappa shape index (κ2) is 6.52. The maximum absolute atomic E-state index is 12.1. The lowest BCUT2D eigenvalue weighted by molar-refractivity contribution is 0.102. The molecule has 0 fully saturated rings. The van der Waals surface area contributed by atoms with Crippen molar-refractivity contribution in [3.05, 3.63) is 52.3 Å². The van der Waals surface area contributed by atoms with E-state index in [0.29, 0.717) is 5.69 Å². The highest BCUT2D eigenvalue weighted by Gasteiger charge is 2.08. The van der Waals surface area contributed by atoms with Crippen LogP contribution in [-0.2, 0) is 0 Å². The number of rotatable bonds is 4. The van der Waals surface area contributed by atoms with Gasteiger partial charge in [0.05, 0.1) is 11.9 Å². The third-order valence-corrected chi connectivity index (χ3v) is 3.68. The molecule has 104 valence electrons. The number of hydrogen-bond acceptors (Lipinski definition) is 3. The van der Waals surface area contributed by atoms with E-state index in [1.165, 1.54) is 0 Å². The van der Waals surface area contributed by atoms with Crippen molar-refractivity contribution in [1.29, 1.82) is 0 Å². The zero-order chi connectivity index (χ0) is 14.5. The molecule has 0 radical (unpaired) electrons. The molecule has 0 aliphatic carbocycles. The molecule has 0 spiro atoms. The van der Waals surface area contributed by atoms with Crippen molar-refractivity contribution in [3.8, 4) is 0 Å². The minimum absolute atomic E-state index is 0.213. The van der Waals surface area contributed by atoms with Crippen molar-refractivity contribution < 1.29 is 4.79 Å². The summed E-state index contributed by atoms with van der Waals surface area (Å²) in [7, 11) is 0. The largest absolute Gasteiger partial charge is 0.384 e. The number of anilines is 2. The summed E-state index contributed by atoms with van der Waals surface area (Å²) >= 11 is 3.43. The smallest absolute Gasteiger partial charge is 0.274 e. The van der Waals surface area contributed by atoms with E-state index in [0.717, 1.165) is 28.0 Å². The van der Waals surface area contributed by atoms with E-state index in [1.807, 2.05) is 38.1 Å². The number of pyridine rings is 1. The molecule has 1 aromatic carbocycles. The van der Waals surface area contributed by atoms with Gasteiger partial charge in [-0.15, -0.1) is 0 Å². The second-order valence-corrected chi connectivity index (χ2v) is 5.23. The van der Waals surface area contributed by atoms with E-state index in [9.17, 15) is 4.79 Å². The van der Waals surface area contributed by atoms with Crippen LogP contribution < -0.4 is 10.6 Å². The lowest BCUT2D eigenvalue weighted by Crippen LogP contribution is -2.13. The summed E-state index contributed by atoms with van der Waals surface area (Å²) in [5.74, 6) is -0.213. The molecular formula is C15H16BrN3O. The number of carbonyl (C=O) groups is 1. The van der Waals surface area contributed by atoms with Crippen LogP contribution in [0.5, 0.6) is 0 Å². The molecule has 20 heavy (non-hydrogen) atoms. The molecule has 0 saturated heterocycles. The Morgan fingerprint density at radius 3 is 2.60 bits per heavy atom. The van der Waals surface area contributed by atoms with Crippen LogP contribution in [0.25, 0.3) is 0 Å². The number of aryl methyl sites for hydroxylation is 1. The first-order valence-electron chi connectivity index (χ1n) is 6.37. The highest BCUT2D eigenvalue weighted by Crippen LogP contribution is 2.20. The van der Waals surface area contributed by atoms with Crippen molar-refractivity contribution in [2.24, 2.45) is 0 Å². The standard InChI is InChI=1S/C15H16BrN3O/c1-3-17-12-5-7-14(18-9-12)15(20)19-11-4-6-13(16)10(2)8-11/h4-9,17H,3H2,1-2H3,(H,19,20). The molecule has 2 N–H and O–H groups in total. The molecule has 0 bridgehead atoms. The van der Waals surface area contributed by atoms with Gasteiger partial charge in [0.15, 0.2) is 0 Å². The number of nitrogens with zero attached hydrogens (tertiary/aromatic N) is 1. The molecule has 0 unspecified atom stereocenters. The number of carbonyl (C=O) groups excluding carboxylic acids is 1. The van der Waals surface area contributed by atoms with Gasteiger partial charge < -0.3 is 10.6 Å². The van der Waals surface area contributed by atoms with E-state index < -0.39 is 0 Å². The third-order valence-electron chi connectivity index (χ3n) is 2.79. The summed E-state index contributed by atoms with van der Waals surface area (Å²) < 4.78 is 1.02. The molecule has 2 rings (SSSR count). The zero-order valence-corrected chi connectivity index (χ0v) is 13.0. The Labute approximate surface area is 126 Å². The normalized spacial score (nSPS) is 10.2. The molecule has 2 aromatic rings. The van der Waals surface area contributed by atoms with Crippen LogP contribution in [0.3, 0.4) is 0 Å². The summed E-state index contributed by atoms with van der Waals surface area (Å²) in [5, 5.41) is 5.97. The van der Waals surface area contributed by atoms with E-state index in [-0.39, 0.29) is 5.91 Å². The molecule has 1 heterocycles. The molecule has 1 aromatic heterocycles. The molecule has 1 amide bonds. The molecule has 0 aliphatic rings. The second-order valence-electron chi connectivity index (χ2n) is 4.38. The fourth-order valence-electron chi connectivity index (χ4n) is 1.75. The van der Waals surface area contributed by atoms with Crippen LogP contribution in [0.4, 0.5) is 11.4 Å². The predicted molar refractivity (Wildman–Crippen MR) is 85.2 cm³/mol. The summed E-state index contributed by atoms with van der Waals surface area (Å²) in [6.07, 6.45) is 1.66. The SMILES string of the molecule is CCNc1ccc(C(=O)Nc2ccc(Br)c(C)c2)nc1. The lowest BCUT2D eigenvalue weighted by atomic mass is 10.2. The quantitative estimate of drug-likeness (QED) is 0.893. The fraction of sp³-hybridized carbons (Fsp3) is 0.200. The number of aromatic nitrogens is 1. The van der Waals surface area contributed by atoms with Gasteiger partial charge in [-0.3, -0.25) is 4.79 Å². The average molecular weight is 334 g/mol. The Morgan fingerprint density at radius 1 is 1.25 bits per heavy atom. The third kappa shape index (κ3) is 3.57. The van der Waals surface area contributed by atoms with Gasteiger partial charge in [-0.05, 0) is 49.7 Å². The first-order chi connectivity index (χ1) is 9.60. The number of amides is 1. The number of hydrogen-bond donors (Lipinski definition) is 2. The molecule has 0 saturated carbocycles. The van der Waals surface area contributed by atoms with E-state index in [1.54, 1.807) is 12.3 Å². The first-order valence-corrected chi connectivity index (χ1v) is 7.17. The maximum Gasteiger partial charge on any atom is 0.274 e. The Bertz CT molecular complexity index is 611. The molecule has 4 nitrogen and oxygen atoms in total. The van der Waals surface area contributed by atoms with Crippen LogP contribution in [0.15, 0.2) is 41.0 Å². The Hall–Kier alpha value is -1.88. The summed E-state index contributed by atoms with van der Waals surface area (Å²) in [5.41, 5.74) is 3.13. The Balaban J connectivity index is 2.09. The number of nitrogens with one attached hydrogen (secondary N) is 2. The van der Waals surface area contributed by atoms with Gasteiger partial charge >= 0.3 is 0 Å². The van der Waals surface area contributed by atoms with Crippen molar-refractivity contribution in [1.82, 2.24) is 4.98 Å². The molecule has 0 atom stereocenters. The highest BCUT2D eigenvalue weighted by atomic mass is 79.9. The topological polar surface area (TPSA) is 54.0 Å². The van der Waals surface area contributed by atoms with E-state index >= 15 is 0 Å². The molecule has 0 aliphatic heterocycles. The average Bonchev–Trinajstić information content (AvgIpc) is 2.44. The van der Waals surface area contributed by atoms with Crippen LogP contribution in [0.2, 0.25) is 0 Å². The highest BCUT2D eigenvalue weighted by molar-refractivity contribution is 9.10. The van der Waals surface area contributed by atoms with E-state index in [4.69, 9.17) is 0 Å². The lowest BCUT2D eigenvalue weighted by Gasteiger charge is -2.07. The minimum atomic E-state index is -0.213. The maximum atomic E-state index is 12.1. The minimum Gasteiger partial charge on any atom is -0.384 e. The van der Waals surface area contributed by atoms with Gasteiger partial charge in [0.25, 0.3) is 5.91 Å². The van der Waals surface area contributed by atoms with Crippen LogP contribution in [0.1, 0.15) is 23.0 Å². The van der Waals surface area contributed by atoms with Crippen molar-refractivity contribution in [2.45, 2.75) is 13.8 Å². The van der Waals surface area contributed by atoms with Gasteiger partial charge in [-0.1, -0.05) is 15.9 Å². The zero-order valence-electron chi connectivity index (χ0n) is 11.4. The predicted octanol–water partition coefficient (Wildman–Crippen LogP) is 3.84. The van der Waals surface area contributed by atoms with Crippen LogP contribution in [-0.4, -0.2) is 17.4 Å². The van der Waals surface area contributed by atoms with Crippen molar-refractivity contribution in [2.75, 3.05) is 17.2 Å². The summed E-state index contributed by atoms with van der Waals surface area (Å²) in [4.78, 5) is 16.2. The summed E-state index contributed by atoms with van der Waals surface area (Å²) in [6.45, 7) is 4.81. The molecule has 5 heteroatoms. The molecular weight excluding hydrogens is 318 g/mol. The van der Waals surface area contributed by atoms with Gasteiger partial charge in [0.1, 0.15) is 5.69 Å². The first kappa shape index (κ1) is 14.5. The van der Waals surface area contributed by atoms with Gasteiger partial charge in [0, 0.05) is 16.7 Å². The van der Waals surface area contributed by atoms with Gasteiger partial charge in [-0.2, -0.15) is 0 Å². The van der Waals surface area contributed by atoms with Crippen molar-refractivity contribution >= 4 is 33.2 Å². The monoisotopic (exact) mass is 333 g/mol. The Kier molecular flexibility index (Phi) is 4.74. The van der Waals surface area contributed by atoms with Crippen LogP contribution in [0, 0.1) is 6.92 Å². The van der Waals surface area contributed by atoms with Gasteiger partial charge in [0.2, 0.25) is 0 Å². The van der Waals surface area contributed by atoms with E-state index in [2.05, 4.69) is 31.5 Å². The summed E-state index contributed by atoms with van der Waals surface area (Å²) in [6, 6.07) is 9.22. The van der Waals surface area contributed by atoms with Crippen LogP contribution >= 0.6 is 15.9 Å². The number of benzene rings is 1. The fourth-order valence-corrected chi connectivity index (χ4v) is 2.00. The Morgan fingerprint density at radius 2 is 2.00 bits per heavy atom.